The fraction of sp³-hybridized carbons (Fsp3) is 0.143. The summed E-state index contributed by atoms with van der Waals surface area (Å²) in [6, 6.07) is 19.9. The molecule has 0 aliphatic rings. The first kappa shape index (κ1) is 13.4. The summed E-state index contributed by atoms with van der Waals surface area (Å²) in [6.07, 6.45) is 0. The second kappa shape index (κ2) is 4.60. The molecule has 22 heavy (non-hydrogen) atoms. The lowest BCUT2D eigenvalue weighted by Crippen LogP contribution is -2.16. The minimum atomic E-state index is -1.35. The van der Waals surface area contributed by atoms with Crippen LogP contribution < -0.4 is 0 Å². The van der Waals surface area contributed by atoms with Crippen LogP contribution in [0.3, 0.4) is 0 Å². The van der Waals surface area contributed by atoms with Crippen LogP contribution in [0.4, 0.5) is 0 Å². The monoisotopic (exact) mass is 298 g/mol. The fourth-order valence-corrected chi connectivity index (χ4v) is 3.60. The molecule has 0 nitrogen and oxygen atoms in total. The van der Waals surface area contributed by atoms with Gasteiger partial charge in [-0.25, -0.2) is 0 Å². The second-order valence-electron chi connectivity index (χ2n) is 7.01. The molecule has 4 aromatic rings. The normalized spacial score (nSPS) is 12.0. The van der Waals surface area contributed by atoms with Gasteiger partial charge in [-0.2, -0.15) is 0 Å². The molecule has 0 saturated heterocycles. The van der Waals surface area contributed by atoms with Gasteiger partial charge in [0.1, 0.15) is 8.07 Å². The van der Waals surface area contributed by atoms with Gasteiger partial charge in [-0.05, 0) is 44.5 Å². The van der Waals surface area contributed by atoms with Crippen molar-refractivity contribution in [2.45, 2.75) is 19.6 Å². The van der Waals surface area contributed by atoms with Crippen LogP contribution in [0.2, 0.25) is 19.6 Å². The predicted octanol–water partition coefficient (Wildman–Crippen LogP) is 5.81. The first-order valence-electron chi connectivity index (χ1n) is 7.72. The van der Waals surface area contributed by atoms with Crippen molar-refractivity contribution in [2.24, 2.45) is 0 Å². The average molecular weight is 298 g/mol. The lowest BCUT2D eigenvalue weighted by molar-refractivity contribution is 1.73. The summed E-state index contributed by atoms with van der Waals surface area (Å²) in [7, 11) is -1.35. The molecule has 0 bridgehead atoms. The molecule has 4 aromatic carbocycles. The van der Waals surface area contributed by atoms with E-state index in [1.165, 1.54) is 32.3 Å². The molecule has 0 heterocycles. The van der Waals surface area contributed by atoms with E-state index in [9.17, 15) is 0 Å². The molecule has 0 aliphatic carbocycles. The minimum absolute atomic E-state index is 1.13. The summed E-state index contributed by atoms with van der Waals surface area (Å²) in [4.78, 5) is 0. The van der Waals surface area contributed by atoms with Crippen molar-refractivity contribution in [3.8, 4) is 11.5 Å². The van der Waals surface area contributed by atoms with Gasteiger partial charge in [-0.15, -0.1) is 5.54 Å². The maximum atomic E-state index is 3.47. The molecule has 1 heteroatoms. The van der Waals surface area contributed by atoms with E-state index in [1.54, 1.807) is 0 Å². The zero-order chi connectivity index (χ0) is 15.3. The van der Waals surface area contributed by atoms with Gasteiger partial charge >= 0.3 is 0 Å². The molecule has 0 saturated carbocycles. The SMILES string of the molecule is C[Si](C)(C)C#Cc1cc2ccc3cccc4ccc(c1)c2c34. The van der Waals surface area contributed by atoms with Crippen LogP contribution in [0.5, 0.6) is 0 Å². The molecule has 0 aliphatic heterocycles. The molecule has 0 radical (unpaired) electrons. The molecule has 106 valence electrons. The van der Waals surface area contributed by atoms with Gasteiger partial charge in [0.2, 0.25) is 0 Å². The van der Waals surface area contributed by atoms with Gasteiger partial charge in [-0.3, -0.25) is 0 Å². The molecule has 0 fully saturated rings. The zero-order valence-corrected chi connectivity index (χ0v) is 14.2. The van der Waals surface area contributed by atoms with Crippen molar-refractivity contribution < 1.29 is 0 Å². The van der Waals surface area contributed by atoms with Crippen molar-refractivity contribution >= 4 is 40.4 Å². The highest BCUT2D eigenvalue weighted by molar-refractivity contribution is 6.83. The molecule has 4 rings (SSSR count). The third-order valence-electron chi connectivity index (χ3n) is 4.05. The highest BCUT2D eigenvalue weighted by Gasteiger charge is 2.10. The smallest absolute Gasteiger partial charge is 0.127 e. The molecule has 0 N–H and O–H groups in total. The van der Waals surface area contributed by atoms with Crippen LogP contribution in [0, 0.1) is 11.5 Å². The molecule has 0 amide bonds. The maximum Gasteiger partial charge on any atom is 0.129 e. The van der Waals surface area contributed by atoms with E-state index >= 15 is 0 Å². The van der Waals surface area contributed by atoms with Crippen LogP contribution in [-0.2, 0) is 0 Å². The second-order valence-corrected chi connectivity index (χ2v) is 11.8. The number of hydrogen-bond donors (Lipinski definition) is 0. The van der Waals surface area contributed by atoms with Crippen LogP contribution in [0.1, 0.15) is 5.56 Å². The Bertz CT molecular complexity index is 992. The Labute approximate surface area is 132 Å². The molecular formula is C21H18Si. The number of benzene rings is 4. The molecule has 0 aromatic heterocycles. The summed E-state index contributed by atoms with van der Waals surface area (Å²) in [6.45, 7) is 6.85. The Morgan fingerprint density at radius 2 is 1.18 bits per heavy atom. The topological polar surface area (TPSA) is 0 Å². The van der Waals surface area contributed by atoms with E-state index in [-0.39, 0.29) is 0 Å². The van der Waals surface area contributed by atoms with E-state index < -0.39 is 8.07 Å². The van der Waals surface area contributed by atoms with E-state index in [0.717, 1.165) is 5.56 Å². The zero-order valence-electron chi connectivity index (χ0n) is 13.2. The Morgan fingerprint density at radius 3 is 1.73 bits per heavy atom. The van der Waals surface area contributed by atoms with E-state index in [1.807, 2.05) is 0 Å². The average Bonchev–Trinajstić information content (AvgIpc) is 2.50. The number of rotatable bonds is 0. The summed E-state index contributed by atoms with van der Waals surface area (Å²) >= 11 is 0. The Balaban J connectivity index is 2.07. The van der Waals surface area contributed by atoms with Gasteiger partial charge in [0.25, 0.3) is 0 Å². The summed E-state index contributed by atoms with van der Waals surface area (Å²) in [5.41, 5.74) is 4.60. The first-order valence-corrected chi connectivity index (χ1v) is 11.2. The lowest BCUT2D eigenvalue weighted by atomic mass is 9.93. The Kier molecular flexibility index (Phi) is 2.79. The van der Waals surface area contributed by atoms with E-state index in [2.05, 4.69) is 85.7 Å². The van der Waals surface area contributed by atoms with Crippen molar-refractivity contribution in [1.29, 1.82) is 0 Å². The Morgan fingerprint density at radius 1 is 0.682 bits per heavy atom. The summed E-state index contributed by atoms with van der Waals surface area (Å²) in [5.74, 6) is 3.40. The van der Waals surface area contributed by atoms with Crippen LogP contribution in [-0.4, -0.2) is 8.07 Å². The van der Waals surface area contributed by atoms with E-state index in [0.29, 0.717) is 0 Å². The van der Waals surface area contributed by atoms with Crippen molar-refractivity contribution in [3.05, 3.63) is 60.2 Å². The van der Waals surface area contributed by atoms with Gasteiger partial charge in [-0.1, -0.05) is 68.0 Å². The highest BCUT2D eigenvalue weighted by atomic mass is 28.3. The molecular weight excluding hydrogens is 280 g/mol. The molecule has 0 spiro atoms. The van der Waals surface area contributed by atoms with Crippen LogP contribution in [0.25, 0.3) is 32.3 Å². The standard InChI is InChI=1S/C21H18Si/c1-22(2,3)12-11-15-13-18-9-7-16-5-4-6-17-8-10-19(14-15)21(18)20(16)17/h4-10,13-14H,1-3H3. The van der Waals surface area contributed by atoms with Crippen LogP contribution >= 0.6 is 0 Å². The fourth-order valence-electron chi connectivity index (χ4n) is 3.09. The van der Waals surface area contributed by atoms with Gasteiger partial charge in [0.15, 0.2) is 0 Å². The van der Waals surface area contributed by atoms with E-state index in [4.69, 9.17) is 0 Å². The molecule has 0 atom stereocenters. The quantitative estimate of drug-likeness (QED) is 0.218. The van der Waals surface area contributed by atoms with Gasteiger partial charge < -0.3 is 0 Å². The Hall–Kier alpha value is -2.30. The predicted molar refractivity (Wildman–Crippen MR) is 100 cm³/mol. The summed E-state index contributed by atoms with van der Waals surface area (Å²) in [5, 5.41) is 7.97. The van der Waals surface area contributed by atoms with Crippen molar-refractivity contribution in [2.75, 3.05) is 0 Å². The lowest BCUT2D eigenvalue weighted by Gasteiger charge is -2.11. The third-order valence-corrected chi connectivity index (χ3v) is 4.92. The highest BCUT2D eigenvalue weighted by Crippen LogP contribution is 2.34. The minimum Gasteiger partial charge on any atom is -0.127 e. The maximum absolute atomic E-state index is 3.47. The van der Waals surface area contributed by atoms with Crippen LogP contribution in [0.15, 0.2) is 54.6 Å². The number of hydrogen-bond acceptors (Lipinski definition) is 0. The summed E-state index contributed by atoms with van der Waals surface area (Å²) < 4.78 is 0. The largest absolute Gasteiger partial charge is 0.129 e. The van der Waals surface area contributed by atoms with Gasteiger partial charge in [0.05, 0.1) is 0 Å². The van der Waals surface area contributed by atoms with Gasteiger partial charge in [0, 0.05) is 5.56 Å². The molecule has 0 unspecified atom stereocenters. The van der Waals surface area contributed by atoms with Crippen molar-refractivity contribution in [3.63, 3.8) is 0 Å². The van der Waals surface area contributed by atoms with Crippen molar-refractivity contribution in [1.82, 2.24) is 0 Å². The third kappa shape index (κ3) is 2.17. The first-order chi connectivity index (χ1) is 10.5.